The number of benzene rings is 2. The van der Waals surface area contributed by atoms with Gasteiger partial charge in [-0.25, -0.2) is 13.2 Å². The molecule has 1 aromatic heterocycles. The van der Waals surface area contributed by atoms with Crippen molar-refractivity contribution in [3.8, 4) is 16.9 Å². The van der Waals surface area contributed by atoms with Gasteiger partial charge in [-0.1, -0.05) is 30.3 Å². The molecule has 2 aromatic carbocycles. The Morgan fingerprint density at radius 1 is 1.03 bits per heavy atom. The van der Waals surface area contributed by atoms with Crippen LogP contribution >= 0.6 is 0 Å². The van der Waals surface area contributed by atoms with Crippen molar-refractivity contribution in [2.24, 2.45) is 0 Å². The number of hydrogen-bond donors (Lipinski definition) is 1. The van der Waals surface area contributed by atoms with Crippen LogP contribution in [0.5, 0.6) is 5.75 Å². The molecule has 0 aliphatic carbocycles. The van der Waals surface area contributed by atoms with Crippen molar-refractivity contribution in [2.45, 2.75) is 19.0 Å². The van der Waals surface area contributed by atoms with Crippen molar-refractivity contribution in [3.05, 3.63) is 64.5 Å². The Bertz CT molecular complexity index is 1300. The molecule has 0 saturated carbocycles. The summed E-state index contributed by atoms with van der Waals surface area (Å²) in [6, 6.07) is 14.7. The molecule has 7 nitrogen and oxygen atoms in total. The van der Waals surface area contributed by atoms with Crippen LogP contribution in [0, 0.1) is 0 Å². The molecule has 168 valence electrons. The van der Waals surface area contributed by atoms with E-state index in [0.29, 0.717) is 24.1 Å². The molecular formula is C24H26N2O5S. The van der Waals surface area contributed by atoms with Gasteiger partial charge in [0.05, 0.1) is 17.1 Å². The van der Waals surface area contributed by atoms with Gasteiger partial charge in [-0.3, -0.25) is 9.80 Å². The lowest BCUT2D eigenvalue weighted by atomic mass is 9.99. The summed E-state index contributed by atoms with van der Waals surface area (Å²) in [5, 5.41) is 11.4. The number of phenols is 1. The smallest absolute Gasteiger partial charge is 0.336 e. The highest BCUT2D eigenvalue weighted by atomic mass is 32.2. The van der Waals surface area contributed by atoms with Gasteiger partial charge in [-0.05, 0) is 29.7 Å². The average Bonchev–Trinajstić information content (AvgIpc) is 3.16. The minimum atomic E-state index is -2.90. The maximum Gasteiger partial charge on any atom is 0.336 e. The predicted molar refractivity (Wildman–Crippen MR) is 123 cm³/mol. The number of sulfone groups is 1. The summed E-state index contributed by atoms with van der Waals surface area (Å²) in [5.74, 6) is 0.643. The van der Waals surface area contributed by atoms with Gasteiger partial charge in [0.2, 0.25) is 0 Å². The van der Waals surface area contributed by atoms with Gasteiger partial charge in [-0.15, -0.1) is 0 Å². The number of piperazine rings is 1. The molecule has 0 unspecified atom stereocenters. The molecule has 2 fully saturated rings. The molecule has 1 N–H and O–H groups in total. The van der Waals surface area contributed by atoms with Crippen LogP contribution in [0.4, 0.5) is 0 Å². The molecule has 5 rings (SSSR count). The Morgan fingerprint density at radius 3 is 2.47 bits per heavy atom. The molecule has 2 saturated heterocycles. The first-order valence-electron chi connectivity index (χ1n) is 10.9. The van der Waals surface area contributed by atoms with E-state index in [-0.39, 0.29) is 23.3 Å². The van der Waals surface area contributed by atoms with Crippen molar-refractivity contribution < 1.29 is 17.9 Å². The standard InChI is InChI=1S/C24H26N2O5S/c27-22-7-6-19-20(17-4-2-1-3-5-17)14-23(28)31-24(19)21(22)15-25-9-11-26(12-10-25)18-8-13-32(29,30)16-18/h1-7,14,18,27H,8-13,15-16H2/t18-/m1/s1. The van der Waals surface area contributed by atoms with E-state index < -0.39 is 15.5 Å². The first kappa shape index (κ1) is 21.2. The van der Waals surface area contributed by atoms with E-state index in [9.17, 15) is 18.3 Å². The average molecular weight is 455 g/mol. The van der Waals surface area contributed by atoms with E-state index in [1.807, 2.05) is 30.3 Å². The Kier molecular flexibility index (Phi) is 5.53. The molecule has 0 amide bonds. The fourth-order valence-corrected chi connectivity index (χ4v) is 6.62. The van der Waals surface area contributed by atoms with Gasteiger partial charge in [0.15, 0.2) is 9.84 Å². The van der Waals surface area contributed by atoms with Crippen molar-refractivity contribution in [2.75, 3.05) is 37.7 Å². The molecule has 0 radical (unpaired) electrons. The van der Waals surface area contributed by atoms with E-state index in [0.717, 1.165) is 42.7 Å². The third-order valence-electron chi connectivity index (χ3n) is 6.59. The molecule has 3 heterocycles. The zero-order chi connectivity index (χ0) is 22.3. The molecule has 2 aliphatic heterocycles. The number of aromatic hydroxyl groups is 1. The van der Waals surface area contributed by atoms with Crippen LogP contribution in [-0.4, -0.2) is 67.1 Å². The maximum absolute atomic E-state index is 12.4. The fraction of sp³-hybridized carbons (Fsp3) is 0.375. The number of fused-ring (bicyclic) bond motifs is 1. The highest BCUT2D eigenvalue weighted by Gasteiger charge is 2.33. The second-order valence-electron chi connectivity index (χ2n) is 8.65. The molecule has 1 atom stereocenters. The van der Waals surface area contributed by atoms with Crippen LogP contribution in [0.1, 0.15) is 12.0 Å². The Morgan fingerprint density at radius 2 is 1.78 bits per heavy atom. The Labute approximate surface area is 186 Å². The van der Waals surface area contributed by atoms with Crippen molar-refractivity contribution in [1.29, 1.82) is 0 Å². The first-order valence-corrected chi connectivity index (χ1v) is 12.7. The summed E-state index contributed by atoms with van der Waals surface area (Å²) < 4.78 is 29.2. The van der Waals surface area contributed by atoms with Crippen LogP contribution in [0.25, 0.3) is 22.1 Å². The van der Waals surface area contributed by atoms with E-state index >= 15 is 0 Å². The maximum atomic E-state index is 12.4. The van der Waals surface area contributed by atoms with Crippen molar-refractivity contribution >= 4 is 20.8 Å². The lowest BCUT2D eigenvalue weighted by Crippen LogP contribution is -2.50. The van der Waals surface area contributed by atoms with Gasteiger partial charge in [0.1, 0.15) is 11.3 Å². The highest BCUT2D eigenvalue weighted by Crippen LogP contribution is 2.34. The van der Waals surface area contributed by atoms with Gasteiger partial charge >= 0.3 is 5.63 Å². The summed E-state index contributed by atoms with van der Waals surface area (Å²) in [7, 11) is -2.90. The summed E-state index contributed by atoms with van der Waals surface area (Å²) in [5.41, 5.74) is 2.28. The third kappa shape index (κ3) is 4.18. The molecule has 0 spiro atoms. The van der Waals surface area contributed by atoms with Gasteiger partial charge in [-0.2, -0.15) is 0 Å². The first-order chi connectivity index (χ1) is 15.4. The zero-order valence-electron chi connectivity index (χ0n) is 17.7. The number of rotatable bonds is 4. The third-order valence-corrected chi connectivity index (χ3v) is 8.34. The minimum absolute atomic E-state index is 0.107. The fourth-order valence-electron chi connectivity index (χ4n) is 4.85. The summed E-state index contributed by atoms with van der Waals surface area (Å²) >= 11 is 0. The van der Waals surface area contributed by atoms with Gasteiger partial charge in [0, 0.05) is 50.2 Å². The number of hydrogen-bond acceptors (Lipinski definition) is 7. The van der Waals surface area contributed by atoms with E-state index in [4.69, 9.17) is 4.42 Å². The molecule has 2 aliphatic rings. The lowest BCUT2D eigenvalue weighted by molar-refractivity contribution is 0.0996. The normalized spacial score (nSPS) is 21.8. The highest BCUT2D eigenvalue weighted by molar-refractivity contribution is 7.91. The van der Waals surface area contributed by atoms with E-state index in [2.05, 4.69) is 9.80 Å². The second kappa shape index (κ2) is 8.35. The van der Waals surface area contributed by atoms with Crippen molar-refractivity contribution in [3.63, 3.8) is 0 Å². The Balaban J connectivity index is 1.40. The zero-order valence-corrected chi connectivity index (χ0v) is 18.6. The summed E-state index contributed by atoms with van der Waals surface area (Å²) in [4.78, 5) is 16.8. The number of phenolic OH excluding ortho intramolecular Hbond substituents is 1. The molecule has 3 aromatic rings. The molecule has 0 bridgehead atoms. The van der Waals surface area contributed by atoms with Crippen LogP contribution in [0.2, 0.25) is 0 Å². The topological polar surface area (TPSA) is 91.1 Å². The lowest BCUT2D eigenvalue weighted by Gasteiger charge is -2.37. The predicted octanol–water partition coefficient (Wildman–Crippen LogP) is 2.47. The van der Waals surface area contributed by atoms with Crippen LogP contribution in [-0.2, 0) is 16.4 Å². The monoisotopic (exact) mass is 454 g/mol. The minimum Gasteiger partial charge on any atom is -0.507 e. The molecular weight excluding hydrogens is 428 g/mol. The largest absolute Gasteiger partial charge is 0.507 e. The Hall–Kier alpha value is -2.68. The van der Waals surface area contributed by atoms with Crippen LogP contribution < -0.4 is 5.63 Å². The van der Waals surface area contributed by atoms with E-state index in [1.165, 1.54) is 6.07 Å². The molecule has 8 heteroatoms. The quantitative estimate of drug-likeness (QED) is 0.606. The summed E-state index contributed by atoms with van der Waals surface area (Å²) in [6.07, 6.45) is 0.708. The number of nitrogens with zero attached hydrogens (tertiary/aromatic N) is 2. The van der Waals surface area contributed by atoms with E-state index in [1.54, 1.807) is 12.1 Å². The van der Waals surface area contributed by atoms with Crippen molar-refractivity contribution in [1.82, 2.24) is 9.80 Å². The van der Waals surface area contributed by atoms with Gasteiger partial charge < -0.3 is 9.52 Å². The SMILES string of the molecule is O=c1cc(-c2ccccc2)c2ccc(O)c(CN3CCN([C@@H]4CCS(=O)(=O)C4)CC3)c2o1. The van der Waals surface area contributed by atoms with Crippen LogP contribution in [0.15, 0.2) is 57.7 Å². The summed E-state index contributed by atoms with van der Waals surface area (Å²) in [6.45, 7) is 3.54. The van der Waals surface area contributed by atoms with Crippen LogP contribution in [0.3, 0.4) is 0 Å². The van der Waals surface area contributed by atoms with Gasteiger partial charge in [0.25, 0.3) is 0 Å². The molecule has 32 heavy (non-hydrogen) atoms. The second-order valence-corrected chi connectivity index (χ2v) is 10.9.